The van der Waals surface area contributed by atoms with Crippen molar-refractivity contribution in [2.24, 2.45) is 0 Å². The van der Waals surface area contributed by atoms with Gasteiger partial charge in [-0.15, -0.1) is 0 Å². The van der Waals surface area contributed by atoms with Crippen LogP contribution >= 0.6 is 0 Å². The molecule has 0 radical (unpaired) electrons. The molecule has 3 aromatic carbocycles. The van der Waals surface area contributed by atoms with E-state index in [-0.39, 0.29) is 18.4 Å². The lowest BCUT2D eigenvalue weighted by molar-refractivity contribution is -0.118. The van der Waals surface area contributed by atoms with Crippen LogP contribution in [0.5, 0.6) is 5.75 Å². The third-order valence-corrected chi connectivity index (χ3v) is 4.76. The van der Waals surface area contributed by atoms with E-state index in [1.807, 2.05) is 63.2 Å². The lowest BCUT2D eigenvalue weighted by Crippen LogP contribution is -2.20. The SMILES string of the molecule is Cc1ccccc1NC(=O)c1ccc(OCC(=O)Nc2cccc(C)c2C)cc1. The quantitative estimate of drug-likeness (QED) is 0.632. The summed E-state index contributed by atoms with van der Waals surface area (Å²) in [5.41, 5.74) is 5.21. The van der Waals surface area contributed by atoms with E-state index in [2.05, 4.69) is 10.6 Å². The topological polar surface area (TPSA) is 67.4 Å². The maximum absolute atomic E-state index is 12.4. The molecule has 3 aromatic rings. The van der Waals surface area contributed by atoms with E-state index in [4.69, 9.17) is 4.74 Å². The van der Waals surface area contributed by atoms with Crippen LogP contribution in [0.2, 0.25) is 0 Å². The summed E-state index contributed by atoms with van der Waals surface area (Å²) in [4.78, 5) is 24.5. The Morgan fingerprint density at radius 3 is 2.14 bits per heavy atom. The highest BCUT2D eigenvalue weighted by Crippen LogP contribution is 2.19. The van der Waals surface area contributed by atoms with E-state index in [1.165, 1.54) is 0 Å². The summed E-state index contributed by atoms with van der Waals surface area (Å²) in [6.45, 7) is 5.79. The largest absolute Gasteiger partial charge is 0.484 e. The van der Waals surface area contributed by atoms with Crippen LogP contribution in [0, 0.1) is 20.8 Å². The van der Waals surface area contributed by atoms with Crippen LogP contribution in [0.15, 0.2) is 66.7 Å². The summed E-state index contributed by atoms with van der Waals surface area (Å²) in [5.74, 6) is 0.0899. The van der Waals surface area contributed by atoms with Crippen LogP contribution in [-0.2, 0) is 4.79 Å². The molecule has 0 aliphatic carbocycles. The Labute approximate surface area is 170 Å². The number of aryl methyl sites for hydroxylation is 2. The maximum Gasteiger partial charge on any atom is 0.262 e. The van der Waals surface area contributed by atoms with Crippen molar-refractivity contribution in [2.45, 2.75) is 20.8 Å². The number of hydrogen-bond acceptors (Lipinski definition) is 3. The molecule has 0 atom stereocenters. The highest BCUT2D eigenvalue weighted by Gasteiger charge is 2.09. The van der Waals surface area contributed by atoms with E-state index in [9.17, 15) is 9.59 Å². The smallest absolute Gasteiger partial charge is 0.262 e. The van der Waals surface area contributed by atoms with Gasteiger partial charge in [-0.3, -0.25) is 9.59 Å². The number of rotatable bonds is 6. The third-order valence-electron chi connectivity index (χ3n) is 4.76. The average molecular weight is 388 g/mol. The van der Waals surface area contributed by atoms with Gasteiger partial charge in [0.1, 0.15) is 5.75 Å². The van der Waals surface area contributed by atoms with Gasteiger partial charge in [-0.2, -0.15) is 0 Å². The van der Waals surface area contributed by atoms with Crippen molar-refractivity contribution < 1.29 is 14.3 Å². The predicted octanol–water partition coefficient (Wildman–Crippen LogP) is 4.88. The standard InChI is InChI=1S/C24H24N2O3/c1-16-8-6-10-22(18(16)3)25-23(27)15-29-20-13-11-19(12-14-20)24(28)26-21-9-5-4-7-17(21)2/h4-14H,15H2,1-3H3,(H,25,27)(H,26,28). The first-order valence-electron chi connectivity index (χ1n) is 9.40. The van der Waals surface area contributed by atoms with Crippen molar-refractivity contribution in [3.05, 3.63) is 89.0 Å². The van der Waals surface area contributed by atoms with Crippen molar-refractivity contribution in [3.63, 3.8) is 0 Å². The molecule has 2 N–H and O–H groups in total. The number of para-hydroxylation sites is 1. The van der Waals surface area contributed by atoms with Crippen molar-refractivity contribution in [2.75, 3.05) is 17.2 Å². The second-order valence-electron chi connectivity index (χ2n) is 6.88. The summed E-state index contributed by atoms with van der Waals surface area (Å²) < 4.78 is 5.54. The zero-order valence-electron chi connectivity index (χ0n) is 16.8. The van der Waals surface area contributed by atoms with Crippen molar-refractivity contribution in [1.29, 1.82) is 0 Å². The molecular weight excluding hydrogens is 364 g/mol. The highest BCUT2D eigenvalue weighted by molar-refractivity contribution is 6.04. The predicted molar refractivity (Wildman–Crippen MR) is 116 cm³/mol. The van der Waals surface area contributed by atoms with Gasteiger partial charge in [0.05, 0.1) is 0 Å². The van der Waals surface area contributed by atoms with Crippen LogP contribution in [0.4, 0.5) is 11.4 Å². The summed E-state index contributed by atoms with van der Waals surface area (Å²) in [6, 6.07) is 20.1. The van der Waals surface area contributed by atoms with Gasteiger partial charge in [-0.1, -0.05) is 30.3 Å². The minimum Gasteiger partial charge on any atom is -0.484 e. The van der Waals surface area contributed by atoms with Crippen molar-refractivity contribution >= 4 is 23.2 Å². The van der Waals surface area contributed by atoms with E-state index in [0.29, 0.717) is 11.3 Å². The molecule has 0 aromatic heterocycles. The Morgan fingerprint density at radius 2 is 1.41 bits per heavy atom. The molecule has 148 valence electrons. The van der Waals surface area contributed by atoms with Gasteiger partial charge in [0.15, 0.2) is 6.61 Å². The van der Waals surface area contributed by atoms with Gasteiger partial charge < -0.3 is 15.4 Å². The Balaban J connectivity index is 1.55. The fourth-order valence-electron chi connectivity index (χ4n) is 2.83. The molecule has 0 unspecified atom stereocenters. The lowest BCUT2D eigenvalue weighted by Gasteiger charge is -2.11. The van der Waals surface area contributed by atoms with Gasteiger partial charge in [-0.25, -0.2) is 0 Å². The number of hydrogen-bond donors (Lipinski definition) is 2. The molecule has 0 heterocycles. The number of amides is 2. The molecule has 0 aliphatic rings. The molecule has 2 amide bonds. The number of anilines is 2. The van der Waals surface area contributed by atoms with Gasteiger partial charge in [0.25, 0.3) is 11.8 Å². The molecule has 0 aliphatic heterocycles. The lowest BCUT2D eigenvalue weighted by atomic mass is 10.1. The molecule has 29 heavy (non-hydrogen) atoms. The van der Waals surface area contributed by atoms with Gasteiger partial charge in [-0.05, 0) is 73.9 Å². The number of carbonyl (C=O) groups excluding carboxylic acids is 2. The van der Waals surface area contributed by atoms with Crippen LogP contribution in [0.3, 0.4) is 0 Å². The van der Waals surface area contributed by atoms with E-state index in [1.54, 1.807) is 24.3 Å². The van der Waals surface area contributed by atoms with Crippen molar-refractivity contribution in [1.82, 2.24) is 0 Å². The van der Waals surface area contributed by atoms with E-state index >= 15 is 0 Å². The van der Waals surface area contributed by atoms with E-state index in [0.717, 1.165) is 28.1 Å². The van der Waals surface area contributed by atoms with Crippen LogP contribution in [0.25, 0.3) is 0 Å². The van der Waals surface area contributed by atoms with Crippen molar-refractivity contribution in [3.8, 4) is 5.75 Å². The zero-order chi connectivity index (χ0) is 20.8. The number of carbonyl (C=O) groups is 2. The summed E-state index contributed by atoms with van der Waals surface area (Å²) >= 11 is 0. The highest BCUT2D eigenvalue weighted by atomic mass is 16.5. The first-order valence-corrected chi connectivity index (χ1v) is 9.40. The molecule has 0 fully saturated rings. The monoisotopic (exact) mass is 388 g/mol. The van der Waals surface area contributed by atoms with Crippen LogP contribution in [-0.4, -0.2) is 18.4 Å². The number of ether oxygens (including phenoxy) is 1. The molecule has 0 saturated heterocycles. The minimum atomic E-state index is -0.236. The first-order chi connectivity index (χ1) is 13.9. The zero-order valence-corrected chi connectivity index (χ0v) is 16.8. The average Bonchev–Trinajstić information content (AvgIpc) is 2.72. The Kier molecular flexibility index (Phi) is 6.29. The molecule has 0 spiro atoms. The van der Waals surface area contributed by atoms with Gasteiger partial charge >= 0.3 is 0 Å². The van der Waals surface area contributed by atoms with Crippen LogP contribution < -0.4 is 15.4 Å². The summed E-state index contributed by atoms with van der Waals surface area (Å²) in [5, 5.41) is 5.74. The van der Waals surface area contributed by atoms with E-state index < -0.39 is 0 Å². The molecule has 0 saturated carbocycles. The maximum atomic E-state index is 12.4. The summed E-state index contributed by atoms with van der Waals surface area (Å²) in [7, 11) is 0. The molecule has 5 nitrogen and oxygen atoms in total. The third kappa shape index (κ3) is 5.23. The molecule has 3 rings (SSSR count). The minimum absolute atomic E-state index is 0.109. The van der Waals surface area contributed by atoms with Gasteiger partial charge in [0.2, 0.25) is 0 Å². The van der Waals surface area contributed by atoms with Gasteiger partial charge in [0, 0.05) is 16.9 Å². The molecular formula is C24H24N2O3. The normalized spacial score (nSPS) is 10.3. The summed E-state index contributed by atoms with van der Waals surface area (Å²) in [6.07, 6.45) is 0. The first kappa shape index (κ1) is 20.1. The Morgan fingerprint density at radius 1 is 0.759 bits per heavy atom. The Hall–Kier alpha value is -3.60. The second kappa shape index (κ2) is 9.06. The van der Waals surface area contributed by atoms with Crippen LogP contribution in [0.1, 0.15) is 27.0 Å². The molecule has 5 heteroatoms. The molecule has 0 bridgehead atoms. The fraction of sp³-hybridized carbons (Fsp3) is 0.167. The Bertz CT molecular complexity index is 1030. The number of nitrogens with one attached hydrogen (secondary N) is 2. The fourth-order valence-corrected chi connectivity index (χ4v) is 2.83. The number of benzene rings is 3. The second-order valence-corrected chi connectivity index (χ2v) is 6.88.